The summed E-state index contributed by atoms with van der Waals surface area (Å²) in [5.41, 5.74) is 2.95. The summed E-state index contributed by atoms with van der Waals surface area (Å²) in [4.78, 5) is 36.8. The van der Waals surface area contributed by atoms with E-state index in [0.717, 1.165) is 24.1 Å². The van der Waals surface area contributed by atoms with Crippen LogP contribution in [-0.4, -0.2) is 37.9 Å². The van der Waals surface area contributed by atoms with Crippen molar-refractivity contribution >= 4 is 5.91 Å². The molecule has 3 aromatic rings. The number of carbonyl (C=O) groups excluding carboxylic acids is 1. The number of aromatic nitrogens is 3. The molecule has 0 aliphatic heterocycles. The molecule has 0 radical (unpaired) electrons. The minimum Gasteiger partial charge on any atom is -0.324 e. The average molecular weight is 412 g/mol. The van der Waals surface area contributed by atoms with E-state index in [2.05, 4.69) is 21.8 Å². The Morgan fingerprint density at radius 3 is 2.58 bits per heavy atom. The van der Waals surface area contributed by atoms with Crippen molar-refractivity contribution in [2.24, 2.45) is 0 Å². The van der Waals surface area contributed by atoms with Crippen LogP contribution in [0.25, 0.3) is 0 Å². The van der Waals surface area contributed by atoms with E-state index in [1.807, 2.05) is 37.3 Å². The molecular weight excluding hydrogens is 388 g/mol. The Hall–Kier alpha value is -3.72. The maximum Gasteiger partial charge on any atom is 0.264 e. The molecule has 1 amide bonds. The van der Waals surface area contributed by atoms with Crippen LogP contribution in [0.1, 0.15) is 45.7 Å². The first-order valence-electron chi connectivity index (χ1n) is 10.4. The third-order valence-electron chi connectivity index (χ3n) is 5.26. The van der Waals surface area contributed by atoms with E-state index in [1.165, 1.54) is 4.57 Å². The van der Waals surface area contributed by atoms with Gasteiger partial charge in [-0.15, -0.1) is 0 Å². The smallest absolute Gasteiger partial charge is 0.264 e. The highest BCUT2D eigenvalue weighted by molar-refractivity contribution is 5.95. The first-order chi connectivity index (χ1) is 15.0. The number of hydrogen-bond acceptors (Lipinski definition) is 4. The molecule has 6 heteroatoms. The molecule has 1 aromatic carbocycles. The second-order valence-electron chi connectivity index (χ2n) is 7.79. The molecule has 4 rings (SSSR count). The highest BCUT2D eigenvalue weighted by atomic mass is 16.2. The minimum absolute atomic E-state index is 0.146. The van der Waals surface area contributed by atoms with Gasteiger partial charge in [-0.05, 0) is 50.5 Å². The lowest BCUT2D eigenvalue weighted by molar-refractivity contribution is 0.0762. The van der Waals surface area contributed by atoms with Crippen LogP contribution in [0, 0.1) is 25.7 Å². The first-order valence-corrected chi connectivity index (χ1v) is 10.4. The van der Waals surface area contributed by atoms with Gasteiger partial charge in [0.25, 0.3) is 11.5 Å². The Morgan fingerprint density at radius 1 is 1.13 bits per heavy atom. The Balaban J connectivity index is 1.59. The number of pyridine rings is 1. The molecule has 31 heavy (non-hydrogen) atoms. The largest absolute Gasteiger partial charge is 0.324 e. The summed E-state index contributed by atoms with van der Waals surface area (Å²) in [7, 11) is 0. The Labute approximate surface area is 181 Å². The van der Waals surface area contributed by atoms with Crippen molar-refractivity contribution in [2.75, 3.05) is 6.54 Å². The third-order valence-corrected chi connectivity index (χ3v) is 5.26. The zero-order valence-corrected chi connectivity index (χ0v) is 17.7. The molecule has 0 N–H and O–H groups in total. The molecule has 1 saturated carbocycles. The maximum atomic E-state index is 13.4. The Kier molecular flexibility index (Phi) is 5.94. The number of rotatable bonds is 5. The maximum absolute atomic E-state index is 13.4. The van der Waals surface area contributed by atoms with Gasteiger partial charge in [0.05, 0.1) is 30.7 Å². The van der Waals surface area contributed by atoms with Gasteiger partial charge >= 0.3 is 0 Å². The van der Waals surface area contributed by atoms with Gasteiger partial charge in [-0.2, -0.15) is 0 Å². The zero-order valence-electron chi connectivity index (χ0n) is 17.7. The molecule has 0 bridgehead atoms. The summed E-state index contributed by atoms with van der Waals surface area (Å²) in [5, 5.41) is 0. The highest BCUT2D eigenvalue weighted by Gasteiger charge is 2.34. The van der Waals surface area contributed by atoms with E-state index in [9.17, 15) is 9.59 Å². The van der Waals surface area contributed by atoms with Gasteiger partial charge in [0.15, 0.2) is 0 Å². The van der Waals surface area contributed by atoms with Crippen molar-refractivity contribution in [3.63, 3.8) is 0 Å². The van der Waals surface area contributed by atoms with Crippen molar-refractivity contribution in [2.45, 2.75) is 39.3 Å². The Bertz CT molecular complexity index is 1200. The number of nitrogens with zero attached hydrogens (tertiary/aromatic N) is 4. The number of hydrogen-bond donors (Lipinski definition) is 0. The van der Waals surface area contributed by atoms with E-state index in [4.69, 9.17) is 0 Å². The monoisotopic (exact) mass is 412 g/mol. The lowest BCUT2D eigenvalue weighted by Crippen LogP contribution is -2.39. The molecule has 0 spiro atoms. The topological polar surface area (TPSA) is 68.1 Å². The van der Waals surface area contributed by atoms with Crippen LogP contribution in [0.4, 0.5) is 0 Å². The van der Waals surface area contributed by atoms with Crippen LogP contribution in [0.2, 0.25) is 0 Å². The van der Waals surface area contributed by atoms with Gasteiger partial charge < -0.3 is 9.47 Å². The fourth-order valence-corrected chi connectivity index (χ4v) is 3.37. The summed E-state index contributed by atoms with van der Waals surface area (Å²) in [6.45, 7) is 4.23. The van der Waals surface area contributed by atoms with E-state index >= 15 is 0 Å². The zero-order chi connectivity index (χ0) is 21.8. The van der Waals surface area contributed by atoms with Crippen molar-refractivity contribution in [3.05, 3.63) is 93.4 Å². The van der Waals surface area contributed by atoms with Crippen LogP contribution in [-0.2, 0) is 6.54 Å². The van der Waals surface area contributed by atoms with Gasteiger partial charge in [-0.1, -0.05) is 30.0 Å². The normalized spacial score (nSPS) is 12.7. The highest BCUT2D eigenvalue weighted by Crippen LogP contribution is 2.28. The molecule has 0 saturated heterocycles. The van der Waals surface area contributed by atoms with Crippen LogP contribution in [0.3, 0.4) is 0 Å². The molecule has 6 nitrogen and oxygen atoms in total. The second-order valence-corrected chi connectivity index (χ2v) is 7.79. The van der Waals surface area contributed by atoms with Crippen molar-refractivity contribution < 1.29 is 4.79 Å². The van der Waals surface area contributed by atoms with Gasteiger partial charge in [-0.25, -0.2) is 0 Å². The fourth-order valence-electron chi connectivity index (χ4n) is 3.37. The molecule has 2 aromatic heterocycles. The molecule has 1 fully saturated rings. The standard InChI is InChI=1S/C25H24N4O2/c1-18-12-14-28(17-21-16-26-19(2)15-27-21)24(30)23(18)25(31)29(22-10-11-22)13-6-9-20-7-4-3-5-8-20/h3-5,7-8,12,14-16,22H,10-11,13,17H2,1-2H3. The van der Waals surface area contributed by atoms with Gasteiger partial charge in [0, 0.05) is 24.0 Å². The fraction of sp³-hybridized carbons (Fsp3) is 0.280. The van der Waals surface area contributed by atoms with E-state index in [0.29, 0.717) is 17.8 Å². The third kappa shape index (κ3) is 4.89. The molecule has 1 aliphatic carbocycles. The van der Waals surface area contributed by atoms with E-state index in [-0.39, 0.29) is 29.6 Å². The van der Waals surface area contributed by atoms with Crippen molar-refractivity contribution in [3.8, 4) is 11.8 Å². The van der Waals surface area contributed by atoms with E-state index < -0.39 is 0 Å². The number of aryl methyl sites for hydroxylation is 2. The average Bonchev–Trinajstić information content (AvgIpc) is 3.61. The van der Waals surface area contributed by atoms with Gasteiger partial charge in [0.2, 0.25) is 0 Å². The SMILES string of the molecule is Cc1cnc(Cn2ccc(C)c(C(=O)N(CC#Cc3ccccc3)C3CC3)c2=O)cn1. The molecule has 2 heterocycles. The molecule has 1 aliphatic rings. The minimum atomic E-state index is -0.311. The van der Waals surface area contributed by atoms with E-state index in [1.54, 1.807) is 36.5 Å². The molecule has 0 unspecified atom stereocenters. The number of amides is 1. The molecular formula is C25H24N4O2. The number of benzene rings is 1. The van der Waals surface area contributed by atoms with Crippen LogP contribution < -0.4 is 5.56 Å². The first kappa shape index (κ1) is 20.5. The summed E-state index contributed by atoms with van der Waals surface area (Å²) in [6, 6.07) is 11.6. The van der Waals surface area contributed by atoms with Crippen LogP contribution in [0.5, 0.6) is 0 Å². The van der Waals surface area contributed by atoms with Crippen molar-refractivity contribution in [1.82, 2.24) is 19.4 Å². The van der Waals surface area contributed by atoms with Crippen LogP contribution >= 0.6 is 0 Å². The summed E-state index contributed by atoms with van der Waals surface area (Å²) >= 11 is 0. The summed E-state index contributed by atoms with van der Waals surface area (Å²) in [5.74, 6) is 5.95. The lowest BCUT2D eigenvalue weighted by Gasteiger charge is -2.21. The molecule has 156 valence electrons. The predicted molar refractivity (Wildman–Crippen MR) is 119 cm³/mol. The summed E-state index contributed by atoms with van der Waals surface area (Å²) in [6.07, 6.45) is 6.90. The lowest BCUT2D eigenvalue weighted by atomic mass is 10.1. The van der Waals surface area contributed by atoms with Gasteiger partial charge in [0.1, 0.15) is 5.56 Å². The van der Waals surface area contributed by atoms with Gasteiger partial charge in [-0.3, -0.25) is 19.6 Å². The van der Waals surface area contributed by atoms with Crippen molar-refractivity contribution in [1.29, 1.82) is 0 Å². The predicted octanol–water partition coefficient (Wildman–Crippen LogP) is 2.96. The molecule has 0 atom stereocenters. The number of carbonyl (C=O) groups is 1. The Morgan fingerprint density at radius 2 is 1.90 bits per heavy atom. The summed E-state index contributed by atoms with van der Waals surface area (Å²) < 4.78 is 1.51. The quantitative estimate of drug-likeness (QED) is 0.605. The van der Waals surface area contributed by atoms with Crippen LogP contribution in [0.15, 0.2) is 59.8 Å². The second kappa shape index (κ2) is 8.97.